The number of phenols is 2. The number of hydrazone groups is 1. The van der Waals surface area contributed by atoms with Gasteiger partial charge in [-0.3, -0.25) is 14.4 Å². The van der Waals surface area contributed by atoms with Crippen LogP contribution in [0.2, 0.25) is 0 Å². The van der Waals surface area contributed by atoms with Gasteiger partial charge in [-0.2, -0.15) is 5.10 Å². The van der Waals surface area contributed by atoms with Crippen LogP contribution in [0.4, 0.5) is 0 Å². The topological polar surface area (TPSA) is 240 Å². The molecule has 0 bridgehead atoms. The second kappa shape index (κ2) is 16.0. The molecule has 8 N–H and O–H groups in total. The summed E-state index contributed by atoms with van der Waals surface area (Å²) in [6.45, 7) is 0.912. The summed E-state index contributed by atoms with van der Waals surface area (Å²) in [6.07, 6.45) is 3.83. The number of benzene rings is 2. The number of phenolic OH excluding ortho intramolecular Hbond substituents is 2. The number of carbonyl (C=O) groups excluding carboxylic acids is 3. The average Bonchev–Trinajstić information content (AvgIpc) is 3.11. The van der Waals surface area contributed by atoms with E-state index in [1.165, 1.54) is 25.3 Å². The van der Waals surface area contributed by atoms with Crippen molar-refractivity contribution in [3.8, 4) is 17.2 Å². The van der Waals surface area contributed by atoms with E-state index in [-0.39, 0.29) is 59.3 Å². The van der Waals surface area contributed by atoms with Crippen molar-refractivity contribution in [3.63, 3.8) is 0 Å². The van der Waals surface area contributed by atoms with E-state index in [0.717, 1.165) is 32.1 Å². The number of rotatable bonds is 10. The van der Waals surface area contributed by atoms with Crippen LogP contribution >= 0.6 is 0 Å². The molecule has 15 nitrogen and oxygen atoms in total. The van der Waals surface area contributed by atoms with E-state index in [1.54, 1.807) is 6.92 Å². The van der Waals surface area contributed by atoms with Gasteiger partial charge in [0, 0.05) is 42.0 Å². The Morgan fingerprint density at radius 2 is 1.85 bits per heavy atom. The number of aliphatic hydroxyl groups excluding tert-OH is 2. The van der Waals surface area contributed by atoms with Crippen molar-refractivity contribution in [1.82, 2.24) is 5.43 Å². The van der Waals surface area contributed by atoms with Gasteiger partial charge in [0.1, 0.15) is 22.8 Å². The third-order valence-corrected chi connectivity index (χ3v) is 10.5. The number of hydrogen-bond acceptors (Lipinski definition) is 14. The Morgan fingerprint density at radius 3 is 2.58 bits per heavy atom. The maximum absolute atomic E-state index is 14.0. The van der Waals surface area contributed by atoms with Crippen molar-refractivity contribution in [3.05, 3.63) is 63.7 Å². The minimum atomic E-state index is -2.12. The van der Waals surface area contributed by atoms with Crippen LogP contribution in [0.5, 0.6) is 17.2 Å². The first-order valence-electron chi connectivity index (χ1n) is 18.0. The first-order valence-corrected chi connectivity index (χ1v) is 18.0. The molecule has 6 rings (SSSR count). The number of allylic oxidation sites excluding steroid dienone is 2. The van der Waals surface area contributed by atoms with Crippen LogP contribution in [0.1, 0.15) is 107 Å². The van der Waals surface area contributed by atoms with E-state index in [9.17, 15) is 39.9 Å². The van der Waals surface area contributed by atoms with Crippen LogP contribution in [0.15, 0.2) is 35.5 Å². The zero-order valence-electron chi connectivity index (χ0n) is 29.7. The molecule has 1 unspecified atom stereocenters. The van der Waals surface area contributed by atoms with E-state index in [2.05, 4.69) is 22.7 Å². The summed E-state index contributed by atoms with van der Waals surface area (Å²) >= 11 is 0. The fraction of sp³-hybridized carbons (Fsp3) is 0.526. The lowest BCUT2D eigenvalue weighted by Gasteiger charge is -2.43. The molecule has 0 saturated carbocycles. The monoisotopic (exact) mass is 737 g/mol. The van der Waals surface area contributed by atoms with Gasteiger partial charge in [-0.1, -0.05) is 24.3 Å². The molecule has 0 spiro atoms. The SMILES string of the molecule is COc1cccc2c1C(=O)c1c(O)c3c(c(O)c1C2=O)C[C@@](O)(/C(CO)=N\NC(=O)CCOC1CCC=CCCC1)C[C@@H]3O[C@H]1C[C@H](N)[C@H](O)[C@H](C)O1. The summed E-state index contributed by atoms with van der Waals surface area (Å²) in [7, 11) is 1.33. The molecule has 2 aromatic carbocycles. The molecule has 1 saturated heterocycles. The van der Waals surface area contributed by atoms with Gasteiger partial charge in [0.05, 0.1) is 73.6 Å². The second-order valence-corrected chi connectivity index (χ2v) is 14.1. The van der Waals surface area contributed by atoms with E-state index in [1.807, 2.05) is 0 Å². The summed E-state index contributed by atoms with van der Waals surface area (Å²) in [5.74, 6) is -3.30. The highest BCUT2D eigenvalue weighted by Crippen LogP contribution is 2.52. The molecule has 2 aromatic rings. The number of hydrogen-bond donors (Lipinski definition) is 7. The van der Waals surface area contributed by atoms with Gasteiger partial charge in [-0.25, -0.2) is 5.43 Å². The third-order valence-electron chi connectivity index (χ3n) is 10.5. The van der Waals surface area contributed by atoms with Crippen LogP contribution in [-0.4, -0.2) is 105 Å². The number of methoxy groups -OCH3 is 1. The van der Waals surface area contributed by atoms with Crippen molar-refractivity contribution in [2.45, 2.75) is 107 Å². The molecule has 1 fully saturated rings. The van der Waals surface area contributed by atoms with Gasteiger partial charge in [0.25, 0.3) is 0 Å². The number of aliphatic hydroxyl groups is 3. The van der Waals surface area contributed by atoms with E-state index < -0.39 is 95.8 Å². The zero-order valence-corrected chi connectivity index (χ0v) is 29.7. The Labute approximate surface area is 306 Å². The minimum absolute atomic E-state index is 0.00603. The summed E-state index contributed by atoms with van der Waals surface area (Å²) in [6, 6.07) is 3.65. The van der Waals surface area contributed by atoms with Gasteiger partial charge < -0.3 is 50.2 Å². The van der Waals surface area contributed by atoms with Gasteiger partial charge >= 0.3 is 0 Å². The Morgan fingerprint density at radius 1 is 1.09 bits per heavy atom. The summed E-state index contributed by atoms with van der Waals surface area (Å²) in [4.78, 5) is 40.6. The van der Waals surface area contributed by atoms with Gasteiger partial charge in [-0.05, 0) is 45.1 Å². The molecule has 3 aliphatic carbocycles. The number of amides is 1. The fourth-order valence-corrected chi connectivity index (χ4v) is 7.69. The van der Waals surface area contributed by atoms with Crippen LogP contribution in [0, 0.1) is 0 Å². The predicted octanol–water partition coefficient (Wildman–Crippen LogP) is 2.20. The fourth-order valence-electron chi connectivity index (χ4n) is 7.69. The van der Waals surface area contributed by atoms with Crippen molar-refractivity contribution < 1.29 is 58.9 Å². The standard InChI is InChI=1S/C38H47N3O12/c1-19-33(44)23(39)15-28(52-19)53-25-17-38(49,26(18-42)40-41-27(43)13-14-51-20-9-6-4-3-5-7-10-20)16-22-30(25)37(48)32-31(35(22)46)34(45)21-11-8-12-24(50-2)29(21)36(32)47/h3-4,8,11-12,19-20,23,25,28,33,42,44,46,48-49H,5-7,9-10,13-18,39H2,1-2H3,(H,41,43)/b4-3?,40-26-/t19-,20?,23-,25-,28-,33+,38-/m0/s1. The highest BCUT2D eigenvalue weighted by molar-refractivity contribution is 6.31. The van der Waals surface area contributed by atoms with Gasteiger partial charge in [0.2, 0.25) is 11.7 Å². The molecular weight excluding hydrogens is 690 g/mol. The molecule has 4 aliphatic rings. The predicted molar refractivity (Wildman–Crippen MR) is 189 cm³/mol. The van der Waals surface area contributed by atoms with Crippen LogP contribution < -0.4 is 15.9 Å². The maximum Gasteiger partial charge on any atom is 0.242 e. The summed E-state index contributed by atoms with van der Waals surface area (Å²) < 4.78 is 23.4. The molecule has 15 heteroatoms. The number of fused-ring (bicyclic) bond motifs is 3. The van der Waals surface area contributed by atoms with Crippen molar-refractivity contribution in [2.24, 2.45) is 10.8 Å². The smallest absolute Gasteiger partial charge is 0.242 e. The largest absolute Gasteiger partial charge is 0.507 e. The number of aromatic hydroxyl groups is 2. The number of ketones is 2. The molecule has 1 amide bonds. The van der Waals surface area contributed by atoms with Crippen molar-refractivity contribution >= 4 is 23.2 Å². The van der Waals surface area contributed by atoms with Gasteiger partial charge in [-0.15, -0.1) is 0 Å². The average molecular weight is 738 g/mol. The summed E-state index contributed by atoms with van der Waals surface area (Å²) in [5.41, 5.74) is 4.78. The quantitative estimate of drug-likeness (QED) is 0.0685. The lowest BCUT2D eigenvalue weighted by atomic mass is 9.71. The van der Waals surface area contributed by atoms with Crippen LogP contribution in [0.25, 0.3) is 0 Å². The first kappa shape index (κ1) is 38.5. The highest BCUT2D eigenvalue weighted by Gasteiger charge is 2.49. The van der Waals surface area contributed by atoms with E-state index in [0.29, 0.717) is 0 Å². The lowest BCUT2D eigenvalue weighted by molar-refractivity contribution is -0.245. The van der Waals surface area contributed by atoms with Crippen LogP contribution in [-0.2, 0) is 25.4 Å². The third kappa shape index (κ3) is 7.60. The van der Waals surface area contributed by atoms with Gasteiger partial charge in [0.15, 0.2) is 12.1 Å². The number of nitrogens with one attached hydrogen (secondary N) is 1. The van der Waals surface area contributed by atoms with Crippen molar-refractivity contribution in [1.29, 1.82) is 0 Å². The molecule has 286 valence electrons. The Bertz CT molecular complexity index is 1800. The van der Waals surface area contributed by atoms with Crippen molar-refractivity contribution in [2.75, 3.05) is 20.3 Å². The highest BCUT2D eigenvalue weighted by atomic mass is 16.7. The first-order chi connectivity index (χ1) is 25.4. The van der Waals surface area contributed by atoms with E-state index in [4.69, 9.17) is 24.7 Å². The Kier molecular flexibility index (Phi) is 11.6. The van der Waals surface area contributed by atoms with Crippen LogP contribution in [0.3, 0.4) is 0 Å². The number of carbonyl (C=O) groups is 3. The summed E-state index contributed by atoms with van der Waals surface area (Å²) in [5, 5.41) is 60.7. The molecule has 7 atom stereocenters. The maximum atomic E-state index is 14.0. The Balaban J connectivity index is 1.33. The molecule has 1 aliphatic heterocycles. The molecule has 0 aromatic heterocycles. The number of nitrogens with two attached hydrogens (primary N) is 1. The number of nitrogens with zero attached hydrogens (tertiary/aromatic N) is 1. The molecule has 53 heavy (non-hydrogen) atoms. The zero-order chi connectivity index (χ0) is 38.0. The molecular formula is C38H47N3O12. The Hall–Kier alpha value is -4.22. The molecule has 0 radical (unpaired) electrons. The lowest BCUT2D eigenvalue weighted by Crippen LogP contribution is -2.53. The van der Waals surface area contributed by atoms with E-state index >= 15 is 0 Å². The normalized spacial score (nSPS) is 28.7. The number of ether oxygens (including phenoxy) is 4. The molecule has 1 heterocycles. The minimum Gasteiger partial charge on any atom is -0.507 e. The second-order valence-electron chi connectivity index (χ2n) is 14.1.